The molecule has 4 rings (SSSR count). The highest BCUT2D eigenvalue weighted by molar-refractivity contribution is 7.89. The zero-order valence-corrected chi connectivity index (χ0v) is 16.8. The maximum Gasteiger partial charge on any atom is 0.244 e. The lowest BCUT2D eigenvalue weighted by Gasteiger charge is -2.33. The second-order valence-corrected chi connectivity index (χ2v) is 9.47. The van der Waals surface area contributed by atoms with Gasteiger partial charge in [-0.15, -0.1) is 0 Å². The van der Waals surface area contributed by atoms with Gasteiger partial charge >= 0.3 is 0 Å². The molecule has 0 N–H and O–H groups in total. The second-order valence-electron chi connectivity index (χ2n) is 7.56. The number of nitriles is 1. The fourth-order valence-corrected chi connectivity index (χ4v) is 5.46. The maximum absolute atomic E-state index is 13.1. The Balaban J connectivity index is 1.43. The van der Waals surface area contributed by atoms with E-state index in [1.54, 1.807) is 18.4 Å². The molecule has 1 aromatic heterocycles. The molecule has 0 radical (unpaired) electrons. The molecule has 7 nitrogen and oxygen atoms in total. The van der Waals surface area contributed by atoms with Gasteiger partial charge in [-0.1, -0.05) is 12.1 Å². The van der Waals surface area contributed by atoms with Crippen molar-refractivity contribution < 1.29 is 17.6 Å². The summed E-state index contributed by atoms with van der Waals surface area (Å²) in [5.74, 6) is 0.653. The average Bonchev–Trinajstić information content (AvgIpc) is 3.46. The van der Waals surface area contributed by atoms with Gasteiger partial charge in [-0.3, -0.25) is 4.79 Å². The topological polar surface area (TPSA) is 94.6 Å². The Labute approximate surface area is 170 Å². The summed E-state index contributed by atoms with van der Waals surface area (Å²) in [6.07, 6.45) is 4.57. The minimum absolute atomic E-state index is 0.0321. The zero-order valence-electron chi connectivity index (χ0n) is 16.0. The van der Waals surface area contributed by atoms with Crippen molar-refractivity contribution in [1.29, 1.82) is 5.26 Å². The SMILES string of the molecule is N#Cc1ccccc1S(=O)(=O)N1CCC(C(=O)N(Cc2ccco2)C2CC2)CC1. The first kappa shape index (κ1) is 19.7. The third-order valence-electron chi connectivity index (χ3n) is 5.61. The number of furan rings is 1. The summed E-state index contributed by atoms with van der Waals surface area (Å²) in [5.41, 5.74) is 0.143. The van der Waals surface area contributed by atoms with Crippen LogP contribution >= 0.6 is 0 Å². The third kappa shape index (κ3) is 4.07. The monoisotopic (exact) mass is 413 g/mol. The highest BCUT2D eigenvalue weighted by Crippen LogP contribution is 2.33. The zero-order chi connectivity index (χ0) is 20.4. The minimum atomic E-state index is -3.75. The first-order valence-corrected chi connectivity index (χ1v) is 11.3. The molecular formula is C21H23N3O4S. The summed E-state index contributed by atoms with van der Waals surface area (Å²) < 4.78 is 32.7. The van der Waals surface area contributed by atoms with Gasteiger partial charge in [0, 0.05) is 25.0 Å². The minimum Gasteiger partial charge on any atom is -0.467 e. The first-order valence-electron chi connectivity index (χ1n) is 9.83. The van der Waals surface area contributed by atoms with E-state index in [9.17, 15) is 18.5 Å². The normalized spacial score (nSPS) is 18.3. The van der Waals surface area contributed by atoms with E-state index >= 15 is 0 Å². The summed E-state index contributed by atoms with van der Waals surface area (Å²) in [5, 5.41) is 9.23. The van der Waals surface area contributed by atoms with Crippen molar-refractivity contribution in [3.8, 4) is 6.07 Å². The van der Waals surface area contributed by atoms with E-state index in [1.807, 2.05) is 23.1 Å². The molecule has 0 bridgehead atoms. The molecule has 152 valence electrons. The summed E-state index contributed by atoms with van der Waals surface area (Å²) in [4.78, 5) is 15.0. The van der Waals surface area contributed by atoms with Crippen LogP contribution < -0.4 is 0 Å². The van der Waals surface area contributed by atoms with E-state index in [0.717, 1.165) is 18.6 Å². The van der Waals surface area contributed by atoms with Crippen molar-refractivity contribution in [3.63, 3.8) is 0 Å². The van der Waals surface area contributed by atoms with Crippen LogP contribution in [0.5, 0.6) is 0 Å². The van der Waals surface area contributed by atoms with Gasteiger partial charge in [0.15, 0.2) is 0 Å². The summed E-state index contributed by atoms with van der Waals surface area (Å²) in [6, 6.07) is 12.1. The molecule has 1 saturated carbocycles. The predicted molar refractivity (Wildman–Crippen MR) is 105 cm³/mol. The van der Waals surface area contributed by atoms with Crippen molar-refractivity contribution in [2.45, 2.75) is 43.2 Å². The number of carbonyl (C=O) groups excluding carboxylic acids is 1. The smallest absolute Gasteiger partial charge is 0.244 e. The molecule has 0 unspecified atom stereocenters. The number of carbonyl (C=O) groups is 1. The van der Waals surface area contributed by atoms with Crippen molar-refractivity contribution >= 4 is 15.9 Å². The van der Waals surface area contributed by atoms with E-state index in [1.165, 1.54) is 16.4 Å². The molecule has 2 heterocycles. The molecule has 1 saturated heterocycles. The van der Waals surface area contributed by atoms with Crippen molar-refractivity contribution in [1.82, 2.24) is 9.21 Å². The standard InChI is InChI=1S/C21H23N3O4S/c22-14-17-4-1-2-6-20(17)29(26,27)23-11-9-16(10-12-23)21(25)24(18-7-8-18)15-19-5-3-13-28-19/h1-6,13,16,18H,7-12,15H2. The maximum atomic E-state index is 13.1. The van der Waals surface area contributed by atoms with Crippen LogP contribution in [0.25, 0.3) is 0 Å². The Morgan fingerprint density at radius 3 is 2.48 bits per heavy atom. The van der Waals surface area contributed by atoms with E-state index in [4.69, 9.17) is 4.42 Å². The molecule has 1 aliphatic carbocycles. The fraction of sp³-hybridized carbons (Fsp3) is 0.429. The predicted octanol–water partition coefficient (Wildman–Crippen LogP) is 2.74. The summed E-state index contributed by atoms with van der Waals surface area (Å²) in [7, 11) is -3.75. The summed E-state index contributed by atoms with van der Waals surface area (Å²) >= 11 is 0. The van der Waals surface area contributed by atoms with Crippen LogP contribution in [0, 0.1) is 17.2 Å². The number of benzene rings is 1. The molecule has 29 heavy (non-hydrogen) atoms. The lowest BCUT2D eigenvalue weighted by molar-refractivity contribution is -0.138. The van der Waals surface area contributed by atoms with Gasteiger partial charge in [-0.2, -0.15) is 9.57 Å². The Bertz CT molecular complexity index is 1010. The average molecular weight is 413 g/mol. The molecule has 2 fully saturated rings. The summed E-state index contributed by atoms with van der Waals surface area (Å²) in [6.45, 7) is 1.01. The van der Waals surface area contributed by atoms with Gasteiger partial charge in [0.05, 0.1) is 23.3 Å². The van der Waals surface area contributed by atoms with Crippen LogP contribution in [0.15, 0.2) is 52.0 Å². The van der Waals surface area contributed by atoms with Gasteiger partial charge in [0.2, 0.25) is 15.9 Å². The molecule has 1 amide bonds. The van der Waals surface area contributed by atoms with Crippen LogP contribution in [0.3, 0.4) is 0 Å². The van der Waals surface area contributed by atoms with Gasteiger partial charge < -0.3 is 9.32 Å². The first-order chi connectivity index (χ1) is 14.0. The largest absolute Gasteiger partial charge is 0.467 e. The molecule has 1 aromatic carbocycles. The van der Waals surface area contributed by atoms with Gasteiger partial charge in [0.25, 0.3) is 0 Å². The van der Waals surface area contributed by atoms with Crippen molar-refractivity contribution in [2.24, 2.45) is 5.92 Å². The Hall–Kier alpha value is -2.63. The fourth-order valence-electron chi connectivity index (χ4n) is 3.84. The van der Waals surface area contributed by atoms with Gasteiger partial charge in [-0.05, 0) is 49.9 Å². The van der Waals surface area contributed by atoms with E-state index < -0.39 is 10.0 Å². The van der Waals surface area contributed by atoms with Crippen LogP contribution in [-0.2, 0) is 21.4 Å². The Morgan fingerprint density at radius 2 is 1.86 bits per heavy atom. The lowest BCUT2D eigenvalue weighted by Crippen LogP contribution is -2.44. The molecule has 2 aromatic rings. The molecule has 8 heteroatoms. The van der Waals surface area contributed by atoms with Gasteiger partial charge in [0.1, 0.15) is 11.8 Å². The Morgan fingerprint density at radius 1 is 1.14 bits per heavy atom. The molecule has 0 atom stereocenters. The van der Waals surface area contributed by atoms with Crippen LogP contribution in [0.4, 0.5) is 0 Å². The number of amides is 1. The highest BCUT2D eigenvalue weighted by atomic mass is 32.2. The number of rotatable bonds is 6. The second kappa shape index (κ2) is 8.01. The van der Waals surface area contributed by atoms with E-state index in [-0.39, 0.29) is 41.4 Å². The molecule has 2 aliphatic rings. The number of piperidine rings is 1. The van der Waals surface area contributed by atoms with Crippen molar-refractivity contribution in [2.75, 3.05) is 13.1 Å². The molecule has 0 spiro atoms. The van der Waals surface area contributed by atoms with Crippen molar-refractivity contribution in [3.05, 3.63) is 54.0 Å². The van der Waals surface area contributed by atoms with Crippen LogP contribution in [-0.4, -0.2) is 42.7 Å². The number of sulfonamides is 1. The lowest BCUT2D eigenvalue weighted by atomic mass is 9.96. The number of hydrogen-bond donors (Lipinski definition) is 0. The molecule has 1 aliphatic heterocycles. The number of nitrogens with zero attached hydrogens (tertiary/aromatic N) is 3. The third-order valence-corrected chi connectivity index (χ3v) is 7.56. The Kier molecular flexibility index (Phi) is 5.43. The molecular weight excluding hydrogens is 390 g/mol. The van der Waals surface area contributed by atoms with Crippen LogP contribution in [0.1, 0.15) is 37.0 Å². The van der Waals surface area contributed by atoms with Gasteiger partial charge in [-0.25, -0.2) is 8.42 Å². The quantitative estimate of drug-likeness (QED) is 0.726. The van der Waals surface area contributed by atoms with Crippen LogP contribution in [0.2, 0.25) is 0 Å². The highest BCUT2D eigenvalue weighted by Gasteiger charge is 2.39. The van der Waals surface area contributed by atoms with E-state index in [2.05, 4.69) is 0 Å². The van der Waals surface area contributed by atoms with E-state index in [0.29, 0.717) is 19.4 Å². The number of hydrogen-bond acceptors (Lipinski definition) is 5.